The molecule has 4 saturated carbocycles. The van der Waals surface area contributed by atoms with Gasteiger partial charge in [0.05, 0.1) is 30.3 Å². The van der Waals surface area contributed by atoms with Crippen LogP contribution in [0.2, 0.25) is 0 Å². The van der Waals surface area contributed by atoms with Crippen LogP contribution in [0, 0.1) is 50.7 Å². The van der Waals surface area contributed by atoms with E-state index in [4.69, 9.17) is 23.7 Å². The van der Waals surface area contributed by atoms with Crippen molar-refractivity contribution in [2.75, 3.05) is 13.2 Å². The van der Waals surface area contributed by atoms with Crippen molar-refractivity contribution in [1.82, 2.24) is 0 Å². The Morgan fingerprint density at radius 1 is 0.825 bits per heavy atom. The van der Waals surface area contributed by atoms with E-state index in [1.807, 2.05) is 13.8 Å². The number of aliphatic hydroxyl groups is 7. The average molecular weight is 809 g/mol. The number of aliphatic hydroxyl groups excluding tert-OH is 6. The first-order valence-corrected chi connectivity index (χ1v) is 21.3. The quantitative estimate of drug-likeness (QED) is 0.117. The van der Waals surface area contributed by atoms with Gasteiger partial charge in [-0.05, 0) is 104 Å². The molecule has 0 amide bonds. The van der Waals surface area contributed by atoms with Gasteiger partial charge in [0.2, 0.25) is 6.29 Å². The summed E-state index contributed by atoms with van der Waals surface area (Å²) < 4.78 is 29.4. The van der Waals surface area contributed by atoms with Gasteiger partial charge in [-0.1, -0.05) is 53.2 Å². The number of allylic oxidation sites excluding steroid dienone is 1. The predicted molar refractivity (Wildman–Crippen MR) is 202 cm³/mol. The SMILES string of the molecule is CC(=O)O[C@@H]1[C@H](O[C@H]2CC[C@@]3(C)[C@H](CC[C@]4(C)[C@H]3CC=C3[C@@H]5[C@](C(=O)O[C@H]6O[C@@H](CO)[C@@H](O)[C@H](O)[C@@H]6O)(CC[C@@H](C)[C@@]5(C)O)CC[C@]34C)C2(C)C)OC[C@@H](O)[C@H]1O. The van der Waals surface area contributed by atoms with Gasteiger partial charge in [0.25, 0.3) is 0 Å². The fraction of sp³-hybridized carbons (Fsp3) is 0.907. The van der Waals surface area contributed by atoms with E-state index in [-0.39, 0.29) is 52.1 Å². The van der Waals surface area contributed by atoms with E-state index in [0.717, 1.165) is 31.3 Å². The maximum atomic E-state index is 14.6. The molecule has 0 aromatic rings. The summed E-state index contributed by atoms with van der Waals surface area (Å²) in [5, 5.41) is 75.0. The molecular formula is C43H68O14. The van der Waals surface area contributed by atoms with Crippen LogP contribution < -0.4 is 0 Å². The molecule has 0 spiro atoms. The normalized spacial score (nSPS) is 53.2. The first kappa shape index (κ1) is 43.4. The minimum absolute atomic E-state index is 0.0984. The zero-order valence-electron chi connectivity index (χ0n) is 34.9. The second kappa shape index (κ2) is 14.7. The molecule has 14 heteroatoms. The number of rotatable bonds is 6. The molecule has 0 bridgehead atoms. The zero-order valence-corrected chi connectivity index (χ0v) is 34.9. The summed E-state index contributed by atoms with van der Waals surface area (Å²) in [6.45, 7) is 16.0. The lowest BCUT2D eigenvalue weighted by molar-refractivity contribution is -0.310. The lowest BCUT2D eigenvalue weighted by Gasteiger charge is -2.72. The molecule has 19 atom stereocenters. The first-order valence-electron chi connectivity index (χ1n) is 21.3. The summed E-state index contributed by atoms with van der Waals surface area (Å²) in [4.78, 5) is 26.6. The van der Waals surface area contributed by atoms with Crippen LogP contribution in [-0.4, -0.2) is 128 Å². The van der Waals surface area contributed by atoms with Gasteiger partial charge in [0.15, 0.2) is 12.4 Å². The fourth-order valence-electron chi connectivity index (χ4n) is 13.8. The minimum Gasteiger partial charge on any atom is -0.454 e. The molecule has 0 aromatic carbocycles. The van der Waals surface area contributed by atoms with Gasteiger partial charge in [0.1, 0.15) is 36.6 Å². The van der Waals surface area contributed by atoms with Gasteiger partial charge >= 0.3 is 11.9 Å². The van der Waals surface area contributed by atoms with Crippen molar-refractivity contribution in [3.8, 4) is 0 Å². The van der Waals surface area contributed by atoms with Crippen LogP contribution in [0.1, 0.15) is 113 Å². The summed E-state index contributed by atoms with van der Waals surface area (Å²) in [5.41, 5.74) is -2.30. The van der Waals surface area contributed by atoms with E-state index in [0.29, 0.717) is 32.1 Å². The number of carbonyl (C=O) groups excluding carboxylic acids is 2. The van der Waals surface area contributed by atoms with Crippen molar-refractivity contribution in [3.05, 3.63) is 11.6 Å². The minimum atomic E-state index is -1.72. The van der Waals surface area contributed by atoms with Crippen molar-refractivity contribution in [1.29, 1.82) is 0 Å². The van der Waals surface area contributed by atoms with E-state index in [2.05, 4.69) is 40.7 Å². The molecule has 324 valence electrons. The largest absolute Gasteiger partial charge is 0.454 e. The fourth-order valence-corrected chi connectivity index (χ4v) is 13.8. The number of hydrogen-bond acceptors (Lipinski definition) is 14. The van der Waals surface area contributed by atoms with E-state index >= 15 is 0 Å². The Morgan fingerprint density at radius 3 is 2.19 bits per heavy atom. The van der Waals surface area contributed by atoms with Crippen molar-refractivity contribution in [2.45, 2.75) is 180 Å². The first-order chi connectivity index (χ1) is 26.5. The van der Waals surface area contributed by atoms with Crippen LogP contribution in [0.3, 0.4) is 0 Å². The summed E-state index contributed by atoms with van der Waals surface area (Å²) >= 11 is 0. The van der Waals surface area contributed by atoms with Gasteiger partial charge < -0.3 is 59.4 Å². The molecule has 57 heavy (non-hydrogen) atoms. The Bertz CT molecular complexity index is 1580. The molecule has 7 rings (SSSR count). The molecule has 2 saturated heterocycles. The Hall–Kier alpha value is -1.72. The van der Waals surface area contributed by atoms with Crippen molar-refractivity contribution in [3.63, 3.8) is 0 Å². The van der Waals surface area contributed by atoms with Crippen LogP contribution in [0.15, 0.2) is 11.6 Å². The van der Waals surface area contributed by atoms with Gasteiger partial charge in [0, 0.05) is 12.8 Å². The van der Waals surface area contributed by atoms with Crippen LogP contribution in [-0.2, 0) is 33.3 Å². The molecule has 5 aliphatic carbocycles. The Morgan fingerprint density at radius 2 is 1.53 bits per heavy atom. The molecule has 7 aliphatic rings. The topological polar surface area (TPSA) is 222 Å². The summed E-state index contributed by atoms with van der Waals surface area (Å²) in [5.74, 6) is -1.39. The van der Waals surface area contributed by atoms with E-state index in [9.17, 15) is 45.3 Å². The van der Waals surface area contributed by atoms with Crippen molar-refractivity contribution >= 4 is 11.9 Å². The van der Waals surface area contributed by atoms with Gasteiger partial charge in [-0.15, -0.1) is 0 Å². The molecule has 14 nitrogen and oxygen atoms in total. The van der Waals surface area contributed by atoms with E-state index < -0.39 is 90.8 Å². The Balaban J connectivity index is 1.18. The molecule has 2 heterocycles. The maximum Gasteiger partial charge on any atom is 0.315 e. The lowest BCUT2D eigenvalue weighted by Crippen LogP contribution is -2.68. The number of hydrogen-bond donors (Lipinski definition) is 7. The number of carbonyl (C=O) groups is 2. The van der Waals surface area contributed by atoms with Gasteiger partial charge in [-0.25, -0.2) is 0 Å². The van der Waals surface area contributed by atoms with E-state index in [1.54, 1.807) is 0 Å². The zero-order chi connectivity index (χ0) is 41.8. The standard InChI is InChI=1S/C43H68O14/c1-21-11-16-43(37(51)57-35-32(50)31(49)30(48)25(19-44)55-35)18-17-40(6)23(34(43)42(21,8)52)9-10-27-39(5)14-13-28(38(3,4)26(39)12-15-41(27,40)7)56-36-33(54-22(2)45)29(47)24(46)20-53-36/h9,21,24-36,44,46-50,52H,10-20H2,1-8H3/t21-,24-,25+,26-,27+,28+,29-,30-,31+,32+,33+,34+,35-,36+,39+,40-,41-,42-,43+/m1/s1. The number of ether oxygens (including phenoxy) is 5. The van der Waals surface area contributed by atoms with Crippen LogP contribution in [0.25, 0.3) is 0 Å². The molecule has 0 unspecified atom stereocenters. The molecule has 2 aliphatic heterocycles. The Kier molecular flexibility index (Phi) is 11.2. The highest BCUT2D eigenvalue weighted by atomic mass is 16.7. The third-order valence-corrected chi connectivity index (χ3v) is 17.5. The second-order valence-electron chi connectivity index (χ2n) is 20.5. The highest BCUT2D eigenvalue weighted by Gasteiger charge is 2.72. The predicted octanol–water partition coefficient (Wildman–Crippen LogP) is 2.50. The highest BCUT2D eigenvalue weighted by molar-refractivity contribution is 5.79. The molecule has 0 radical (unpaired) electrons. The van der Waals surface area contributed by atoms with E-state index in [1.165, 1.54) is 6.92 Å². The van der Waals surface area contributed by atoms with Crippen molar-refractivity contribution in [2.24, 2.45) is 50.7 Å². The van der Waals surface area contributed by atoms with Crippen LogP contribution in [0.4, 0.5) is 0 Å². The van der Waals surface area contributed by atoms with Gasteiger partial charge in [-0.3, -0.25) is 9.59 Å². The second-order valence-corrected chi connectivity index (χ2v) is 20.5. The average Bonchev–Trinajstić information content (AvgIpc) is 3.14. The highest BCUT2D eigenvalue weighted by Crippen LogP contribution is 2.76. The maximum absolute atomic E-state index is 14.6. The third kappa shape index (κ3) is 6.40. The number of esters is 2. The van der Waals surface area contributed by atoms with Crippen LogP contribution in [0.5, 0.6) is 0 Å². The summed E-state index contributed by atoms with van der Waals surface area (Å²) in [6, 6.07) is 0. The Labute approximate surface area is 336 Å². The molecule has 7 N–H and O–H groups in total. The lowest BCUT2D eigenvalue weighted by atomic mass is 9.33. The van der Waals surface area contributed by atoms with Crippen LogP contribution >= 0.6 is 0 Å². The third-order valence-electron chi connectivity index (χ3n) is 17.5. The van der Waals surface area contributed by atoms with Gasteiger partial charge in [-0.2, -0.15) is 0 Å². The summed E-state index contributed by atoms with van der Waals surface area (Å²) in [7, 11) is 0. The summed E-state index contributed by atoms with van der Waals surface area (Å²) in [6.07, 6.45) is -4.12. The molecule has 0 aromatic heterocycles. The molecular weight excluding hydrogens is 740 g/mol. The van der Waals surface area contributed by atoms with Crippen molar-refractivity contribution < 1.29 is 69.0 Å². The number of fused-ring (bicyclic) bond motifs is 7. The molecule has 6 fully saturated rings. The smallest absolute Gasteiger partial charge is 0.315 e. The monoisotopic (exact) mass is 808 g/mol.